The molecule has 1 aromatic heterocycles. The van der Waals surface area contributed by atoms with Gasteiger partial charge >= 0.3 is 0 Å². The zero-order valence-corrected chi connectivity index (χ0v) is 8.43. The summed E-state index contributed by atoms with van der Waals surface area (Å²) in [7, 11) is 0. The summed E-state index contributed by atoms with van der Waals surface area (Å²) >= 11 is 1.71. The maximum atomic E-state index is 5.16. The first kappa shape index (κ1) is 9.02. The fraction of sp³-hybridized carbons (Fsp3) is 0.750. The summed E-state index contributed by atoms with van der Waals surface area (Å²) in [6, 6.07) is 0.295. The quantitative estimate of drug-likeness (QED) is 0.796. The van der Waals surface area contributed by atoms with Crippen LogP contribution >= 0.6 is 11.8 Å². The molecular formula is C8H13N3OS. The molecule has 0 spiro atoms. The van der Waals surface area contributed by atoms with Crippen molar-refractivity contribution in [2.24, 2.45) is 0 Å². The zero-order valence-electron chi connectivity index (χ0n) is 7.62. The average molecular weight is 199 g/mol. The lowest BCUT2D eigenvalue weighted by Gasteiger charge is -2.01. The third kappa shape index (κ3) is 2.03. The molecule has 1 atom stereocenters. The minimum absolute atomic E-state index is 0.295. The molecule has 0 aromatic carbocycles. The second-order valence-electron chi connectivity index (χ2n) is 3.13. The lowest BCUT2D eigenvalue weighted by atomic mass is 10.2. The molecule has 2 rings (SSSR count). The van der Waals surface area contributed by atoms with Gasteiger partial charge in [-0.3, -0.25) is 0 Å². The second-order valence-corrected chi connectivity index (χ2v) is 4.00. The number of aromatic nitrogens is 2. The molecule has 5 heteroatoms. The van der Waals surface area contributed by atoms with E-state index in [1.54, 1.807) is 11.8 Å². The van der Waals surface area contributed by atoms with Crippen molar-refractivity contribution in [1.29, 1.82) is 0 Å². The van der Waals surface area contributed by atoms with E-state index in [9.17, 15) is 0 Å². The Balaban J connectivity index is 2.03. The molecule has 1 N–H and O–H groups in total. The molecule has 0 bridgehead atoms. The standard InChI is InChI=1S/C8H13N3OS/c1-13-5-7-10-8(12-11-7)6-3-2-4-9-6/h6,9H,2-5H2,1H3. The molecule has 0 aliphatic carbocycles. The Morgan fingerprint density at radius 2 is 2.62 bits per heavy atom. The van der Waals surface area contributed by atoms with Gasteiger partial charge in [0.05, 0.1) is 11.8 Å². The van der Waals surface area contributed by atoms with Crippen LogP contribution in [0.2, 0.25) is 0 Å². The Labute approximate surface area is 81.5 Å². The Kier molecular flexibility index (Phi) is 2.85. The molecule has 0 saturated carbocycles. The Bertz CT molecular complexity index is 270. The van der Waals surface area contributed by atoms with Crippen molar-refractivity contribution in [2.45, 2.75) is 24.6 Å². The topological polar surface area (TPSA) is 51.0 Å². The van der Waals surface area contributed by atoms with E-state index in [4.69, 9.17) is 4.52 Å². The molecule has 4 nitrogen and oxygen atoms in total. The molecule has 0 amide bonds. The van der Waals surface area contributed by atoms with Gasteiger partial charge in [-0.25, -0.2) is 0 Å². The van der Waals surface area contributed by atoms with Crippen molar-refractivity contribution in [3.8, 4) is 0 Å². The molecular weight excluding hydrogens is 186 g/mol. The molecule has 13 heavy (non-hydrogen) atoms. The number of rotatable bonds is 3. The van der Waals surface area contributed by atoms with Gasteiger partial charge in [-0.05, 0) is 25.6 Å². The van der Waals surface area contributed by atoms with Crippen LogP contribution in [0.5, 0.6) is 0 Å². The van der Waals surface area contributed by atoms with E-state index < -0.39 is 0 Å². The Hall–Kier alpha value is -0.550. The van der Waals surface area contributed by atoms with Crippen molar-refractivity contribution in [3.05, 3.63) is 11.7 Å². The van der Waals surface area contributed by atoms with Crippen LogP contribution in [-0.2, 0) is 5.75 Å². The average Bonchev–Trinajstić information content (AvgIpc) is 2.70. The van der Waals surface area contributed by atoms with Crippen molar-refractivity contribution in [1.82, 2.24) is 15.5 Å². The van der Waals surface area contributed by atoms with Crippen molar-refractivity contribution in [3.63, 3.8) is 0 Å². The summed E-state index contributed by atoms with van der Waals surface area (Å²) in [6.45, 7) is 1.06. The van der Waals surface area contributed by atoms with Gasteiger partial charge in [-0.15, -0.1) is 0 Å². The molecule has 1 aromatic rings. The maximum Gasteiger partial charge on any atom is 0.243 e. The van der Waals surface area contributed by atoms with Crippen LogP contribution in [-0.4, -0.2) is 22.9 Å². The van der Waals surface area contributed by atoms with E-state index >= 15 is 0 Å². The molecule has 1 fully saturated rings. The van der Waals surface area contributed by atoms with Crippen LogP contribution < -0.4 is 5.32 Å². The van der Waals surface area contributed by atoms with Crippen molar-refractivity contribution >= 4 is 11.8 Å². The molecule has 1 unspecified atom stereocenters. The minimum atomic E-state index is 0.295. The molecule has 1 saturated heterocycles. The maximum absolute atomic E-state index is 5.16. The van der Waals surface area contributed by atoms with E-state index in [2.05, 4.69) is 15.5 Å². The van der Waals surface area contributed by atoms with Gasteiger partial charge in [0.2, 0.25) is 5.89 Å². The summed E-state index contributed by atoms with van der Waals surface area (Å²) in [4.78, 5) is 4.32. The van der Waals surface area contributed by atoms with E-state index in [0.717, 1.165) is 30.4 Å². The highest BCUT2D eigenvalue weighted by atomic mass is 32.2. The first-order valence-corrected chi connectivity index (χ1v) is 5.84. The summed E-state index contributed by atoms with van der Waals surface area (Å²) < 4.78 is 5.16. The van der Waals surface area contributed by atoms with E-state index in [1.165, 1.54) is 6.42 Å². The summed E-state index contributed by atoms with van der Waals surface area (Å²) in [5, 5.41) is 7.23. The van der Waals surface area contributed by atoms with Gasteiger partial charge in [-0.1, -0.05) is 5.16 Å². The highest BCUT2D eigenvalue weighted by Gasteiger charge is 2.21. The third-order valence-corrected chi connectivity index (χ3v) is 2.66. The SMILES string of the molecule is CSCc1noc(C2CCCN2)n1. The molecule has 2 heterocycles. The molecule has 1 aliphatic rings. The predicted octanol–water partition coefficient (Wildman–Crippen LogP) is 1.36. The molecule has 0 radical (unpaired) electrons. The summed E-state index contributed by atoms with van der Waals surface area (Å²) in [5.74, 6) is 2.38. The monoisotopic (exact) mass is 199 g/mol. The van der Waals surface area contributed by atoms with Crippen molar-refractivity contribution in [2.75, 3.05) is 12.8 Å². The van der Waals surface area contributed by atoms with Crippen LogP contribution in [0.1, 0.15) is 30.6 Å². The highest BCUT2D eigenvalue weighted by molar-refractivity contribution is 7.97. The van der Waals surface area contributed by atoms with E-state index in [-0.39, 0.29) is 0 Å². The Morgan fingerprint density at radius 1 is 1.69 bits per heavy atom. The van der Waals surface area contributed by atoms with Gasteiger partial charge < -0.3 is 9.84 Å². The fourth-order valence-corrected chi connectivity index (χ4v) is 1.87. The van der Waals surface area contributed by atoms with Gasteiger partial charge in [-0.2, -0.15) is 16.7 Å². The van der Waals surface area contributed by atoms with Crippen LogP contribution in [0.25, 0.3) is 0 Å². The van der Waals surface area contributed by atoms with Crippen LogP contribution in [0.15, 0.2) is 4.52 Å². The predicted molar refractivity (Wildman–Crippen MR) is 51.5 cm³/mol. The highest BCUT2D eigenvalue weighted by Crippen LogP contribution is 2.21. The lowest BCUT2D eigenvalue weighted by Crippen LogP contribution is -2.13. The number of nitrogens with one attached hydrogen (secondary N) is 1. The smallest absolute Gasteiger partial charge is 0.243 e. The first-order chi connectivity index (χ1) is 6.40. The van der Waals surface area contributed by atoms with Gasteiger partial charge in [0, 0.05) is 0 Å². The Morgan fingerprint density at radius 3 is 3.31 bits per heavy atom. The summed E-state index contributed by atoms with van der Waals surface area (Å²) in [5.41, 5.74) is 0. The number of thioether (sulfide) groups is 1. The van der Waals surface area contributed by atoms with Gasteiger partial charge in [0.15, 0.2) is 5.82 Å². The zero-order chi connectivity index (χ0) is 9.10. The third-order valence-electron chi connectivity index (χ3n) is 2.12. The number of hydrogen-bond acceptors (Lipinski definition) is 5. The molecule has 1 aliphatic heterocycles. The largest absolute Gasteiger partial charge is 0.338 e. The minimum Gasteiger partial charge on any atom is -0.338 e. The summed E-state index contributed by atoms with van der Waals surface area (Å²) in [6.07, 6.45) is 4.34. The number of nitrogens with zero attached hydrogens (tertiary/aromatic N) is 2. The second kappa shape index (κ2) is 4.11. The normalized spacial score (nSPS) is 22.4. The van der Waals surface area contributed by atoms with Crippen LogP contribution in [0.3, 0.4) is 0 Å². The fourth-order valence-electron chi connectivity index (χ4n) is 1.49. The van der Waals surface area contributed by atoms with Gasteiger partial charge in [0.25, 0.3) is 0 Å². The lowest BCUT2D eigenvalue weighted by molar-refractivity contribution is 0.342. The van der Waals surface area contributed by atoms with Crippen molar-refractivity contribution < 1.29 is 4.52 Å². The molecule has 72 valence electrons. The van der Waals surface area contributed by atoms with E-state index in [1.807, 2.05) is 6.26 Å². The van der Waals surface area contributed by atoms with Crippen LogP contribution in [0.4, 0.5) is 0 Å². The first-order valence-electron chi connectivity index (χ1n) is 4.45. The van der Waals surface area contributed by atoms with Gasteiger partial charge in [0.1, 0.15) is 0 Å². The van der Waals surface area contributed by atoms with E-state index in [0.29, 0.717) is 6.04 Å². The number of hydrogen-bond donors (Lipinski definition) is 1. The van der Waals surface area contributed by atoms with Crippen LogP contribution in [0, 0.1) is 0 Å².